The van der Waals surface area contributed by atoms with Gasteiger partial charge in [0.25, 0.3) is 5.88 Å². The standard InChI is InChI=1S/C14H19N5O/c1-2-3-9-16-12-13(18-19-14(15)17-12)20-10-11-7-5-4-6-8-11/h4-8H,2-3,9-10H2,1H3,(H3,15,16,17,19). The van der Waals surface area contributed by atoms with Crippen LogP contribution in [0.15, 0.2) is 30.3 Å². The summed E-state index contributed by atoms with van der Waals surface area (Å²) in [6.07, 6.45) is 2.14. The normalized spacial score (nSPS) is 10.2. The second-order valence-electron chi connectivity index (χ2n) is 4.38. The van der Waals surface area contributed by atoms with E-state index in [0.717, 1.165) is 24.9 Å². The number of aromatic nitrogens is 3. The van der Waals surface area contributed by atoms with E-state index in [0.29, 0.717) is 18.3 Å². The van der Waals surface area contributed by atoms with Crippen molar-refractivity contribution in [3.8, 4) is 5.88 Å². The SMILES string of the molecule is CCCCNc1nc(N)nnc1OCc1ccccc1. The number of anilines is 2. The summed E-state index contributed by atoms with van der Waals surface area (Å²) >= 11 is 0. The van der Waals surface area contributed by atoms with Gasteiger partial charge in [-0.1, -0.05) is 43.7 Å². The van der Waals surface area contributed by atoms with Crippen LogP contribution in [0.1, 0.15) is 25.3 Å². The van der Waals surface area contributed by atoms with Gasteiger partial charge in [-0.3, -0.25) is 0 Å². The molecule has 2 aromatic rings. The van der Waals surface area contributed by atoms with Crippen LogP contribution in [0.2, 0.25) is 0 Å². The summed E-state index contributed by atoms with van der Waals surface area (Å²) in [4.78, 5) is 4.13. The van der Waals surface area contributed by atoms with Crippen LogP contribution in [0, 0.1) is 0 Å². The summed E-state index contributed by atoms with van der Waals surface area (Å²) in [5.41, 5.74) is 6.62. The van der Waals surface area contributed by atoms with Gasteiger partial charge in [-0.05, 0) is 12.0 Å². The summed E-state index contributed by atoms with van der Waals surface area (Å²) in [6.45, 7) is 3.35. The number of hydrogen-bond donors (Lipinski definition) is 2. The fourth-order valence-electron chi connectivity index (χ4n) is 1.65. The van der Waals surface area contributed by atoms with E-state index >= 15 is 0 Å². The summed E-state index contributed by atoms with van der Waals surface area (Å²) < 4.78 is 5.65. The average molecular weight is 273 g/mol. The molecule has 2 rings (SSSR count). The first kappa shape index (κ1) is 14.0. The molecule has 0 unspecified atom stereocenters. The molecular formula is C14H19N5O. The predicted octanol–water partition coefficient (Wildman–Crippen LogP) is 2.24. The fraction of sp³-hybridized carbons (Fsp3) is 0.357. The van der Waals surface area contributed by atoms with E-state index in [4.69, 9.17) is 10.5 Å². The fourth-order valence-corrected chi connectivity index (χ4v) is 1.65. The molecule has 3 N–H and O–H groups in total. The highest BCUT2D eigenvalue weighted by molar-refractivity contribution is 5.46. The molecule has 6 nitrogen and oxygen atoms in total. The van der Waals surface area contributed by atoms with Gasteiger partial charge in [0.2, 0.25) is 5.95 Å². The molecule has 0 aliphatic carbocycles. The van der Waals surface area contributed by atoms with Crippen molar-refractivity contribution in [3.05, 3.63) is 35.9 Å². The second kappa shape index (κ2) is 7.28. The zero-order chi connectivity index (χ0) is 14.2. The number of nitrogens with one attached hydrogen (secondary N) is 1. The van der Waals surface area contributed by atoms with Crippen LogP contribution >= 0.6 is 0 Å². The maximum absolute atomic E-state index is 5.65. The molecule has 0 spiro atoms. The van der Waals surface area contributed by atoms with E-state index < -0.39 is 0 Å². The molecule has 0 saturated carbocycles. The molecule has 106 valence electrons. The van der Waals surface area contributed by atoms with Gasteiger partial charge in [-0.15, -0.1) is 10.2 Å². The van der Waals surface area contributed by atoms with E-state index in [9.17, 15) is 0 Å². The van der Waals surface area contributed by atoms with E-state index in [1.807, 2.05) is 30.3 Å². The van der Waals surface area contributed by atoms with Crippen molar-refractivity contribution in [1.82, 2.24) is 15.2 Å². The maximum Gasteiger partial charge on any atom is 0.277 e. The van der Waals surface area contributed by atoms with Crippen LogP contribution in [0.25, 0.3) is 0 Å². The minimum Gasteiger partial charge on any atom is -0.469 e. The zero-order valence-electron chi connectivity index (χ0n) is 11.5. The average Bonchev–Trinajstić information content (AvgIpc) is 2.48. The molecule has 0 aliphatic rings. The van der Waals surface area contributed by atoms with Gasteiger partial charge in [0.1, 0.15) is 6.61 Å². The van der Waals surface area contributed by atoms with Gasteiger partial charge in [0.15, 0.2) is 5.82 Å². The molecule has 0 amide bonds. The van der Waals surface area contributed by atoms with Crippen LogP contribution < -0.4 is 15.8 Å². The highest BCUT2D eigenvalue weighted by Crippen LogP contribution is 2.19. The summed E-state index contributed by atoms with van der Waals surface area (Å²) in [6, 6.07) is 9.87. The Kier molecular flexibility index (Phi) is 5.11. The molecule has 1 heterocycles. The lowest BCUT2D eigenvalue weighted by molar-refractivity contribution is 0.290. The van der Waals surface area contributed by atoms with Crippen LogP contribution in [0.4, 0.5) is 11.8 Å². The Labute approximate surface area is 118 Å². The molecule has 0 aliphatic heterocycles. The molecular weight excluding hydrogens is 254 g/mol. The Morgan fingerprint density at radius 1 is 1.20 bits per heavy atom. The van der Waals surface area contributed by atoms with Gasteiger partial charge in [0.05, 0.1) is 0 Å². The minimum atomic E-state index is 0.135. The molecule has 0 bridgehead atoms. The van der Waals surface area contributed by atoms with E-state index in [1.165, 1.54) is 0 Å². The highest BCUT2D eigenvalue weighted by Gasteiger charge is 2.09. The Morgan fingerprint density at radius 2 is 2.00 bits per heavy atom. The summed E-state index contributed by atoms with van der Waals surface area (Å²) in [5.74, 6) is 1.05. The van der Waals surface area contributed by atoms with Crippen molar-refractivity contribution in [3.63, 3.8) is 0 Å². The largest absolute Gasteiger partial charge is 0.469 e. The smallest absolute Gasteiger partial charge is 0.277 e. The van der Waals surface area contributed by atoms with Gasteiger partial charge < -0.3 is 15.8 Å². The Balaban J connectivity index is 2.02. The van der Waals surface area contributed by atoms with E-state index in [2.05, 4.69) is 27.4 Å². The number of unbranched alkanes of at least 4 members (excludes halogenated alkanes) is 1. The van der Waals surface area contributed by atoms with Gasteiger partial charge >= 0.3 is 0 Å². The molecule has 1 aromatic carbocycles. The number of ether oxygens (including phenoxy) is 1. The lowest BCUT2D eigenvalue weighted by Crippen LogP contribution is -2.10. The number of benzene rings is 1. The molecule has 6 heteroatoms. The molecule has 0 fully saturated rings. The predicted molar refractivity (Wildman–Crippen MR) is 78.4 cm³/mol. The second-order valence-corrected chi connectivity index (χ2v) is 4.38. The molecule has 20 heavy (non-hydrogen) atoms. The third-order valence-corrected chi connectivity index (χ3v) is 2.71. The molecule has 1 aromatic heterocycles. The van der Waals surface area contributed by atoms with Gasteiger partial charge in [0, 0.05) is 6.54 Å². The number of nitrogens with zero attached hydrogens (tertiary/aromatic N) is 3. The number of nitrogen functional groups attached to an aromatic ring is 1. The Bertz CT molecular complexity index is 532. The van der Waals surface area contributed by atoms with Crippen molar-refractivity contribution >= 4 is 11.8 Å². The van der Waals surface area contributed by atoms with Crippen molar-refractivity contribution in [2.75, 3.05) is 17.6 Å². The lowest BCUT2D eigenvalue weighted by Gasteiger charge is -2.10. The zero-order valence-corrected chi connectivity index (χ0v) is 11.5. The third kappa shape index (κ3) is 4.08. The topological polar surface area (TPSA) is 86.0 Å². The van der Waals surface area contributed by atoms with E-state index in [-0.39, 0.29) is 5.95 Å². The molecule has 0 saturated heterocycles. The van der Waals surface area contributed by atoms with Gasteiger partial charge in [-0.2, -0.15) is 4.98 Å². The van der Waals surface area contributed by atoms with Crippen LogP contribution in [-0.2, 0) is 6.61 Å². The van der Waals surface area contributed by atoms with Crippen molar-refractivity contribution in [2.24, 2.45) is 0 Å². The van der Waals surface area contributed by atoms with Crippen LogP contribution in [0.5, 0.6) is 5.88 Å². The Morgan fingerprint density at radius 3 is 2.75 bits per heavy atom. The van der Waals surface area contributed by atoms with E-state index in [1.54, 1.807) is 0 Å². The lowest BCUT2D eigenvalue weighted by atomic mass is 10.2. The number of hydrogen-bond acceptors (Lipinski definition) is 6. The molecule has 0 radical (unpaired) electrons. The van der Waals surface area contributed by atoms with Crippen molar-refractivity contribution in [1.29, 1.82) is 0 Å². The van der Waals surface area contributed by atoms with Crippen molar-refractivity contribution < 1.29 is 4.74 Å². The first-order chi connectivity index (χ1) is 9.79. The first-order valence-electron chi connectivity index (χ1n) is 6.70. The Hall–Kier alpha value is -2.37. The number of rotatable bonds is 7. The minimum absolute atomic E-state index is 0.135. The quantitative estimate of drug-likeness (QED) is 0.752. The maximum atomic E-state index is 5.65. The third-order valence-electron chi connectivity index (χ3n) is 2.71. The van der Waals surface area contributed by atoms with Gasteiger partial charge in [-0.25, -0.2) is 0 Å². The van der Waals surface area contributed by atoms with Crippen LogP contribution in [-0.4, -0.2) is 21.7 Å². The first-order valence-corrected chi connectivity index (χ1v) is 6.70. The monoisotopic (exact) mass is 273 g/mol. The van der Waals surface area contributed by atoms with Crippen molar-refractivity contribution in [2.45, 2.75) is 26.4 Å². The number of nitrogens with two attached hydrogens (primary N) is 1. The molecule has 0 atom stereocenters. The highest BCUT2D eigenvalue weighted by atomic mass is 16.5. The summed E-state index contributed by atoms with van der Waals surface area (Å²) in [5, 5.41) is 10.9. The summed E-state index contributed by atoms with van der Waals surface area (Å²) in [7, 11) is 0. The van der Waals surface area contributed by atoms with Crippen LogP contribution in [0.3, 0.4) is 0 Å².